The van der Waals surface area contributed by atoms with Gasteiger partial charge in [-0.15, -0.1) is 11.3 Å². The molecule has 0 spiro atoms. The fourth-order valence-corrected chi connectivity index (χ4v) is 2.53. The molecule has 0 aliphatic carbocycles. The molecule has 0 saturated carbocycles. The summed E-state index contributed by atoms with van der Waals surface area (Å²) in [5.74, 6) is 0.101. The summed E-state index contributed by atoms with van der Waals surface area (Å²) < 4.78 is 13.0. The average molecular weight is 274 g/mol. The van der Waals surface area contributed by atoms with E-state index in [2.05, 4.69) is 15.2 Å². The maximum Gasteiger partial charge on any atom is 0.153 e. The molecule has 3 rings (SSSR count). The number of nitrogens with one attached hydrogen (secondary N) is 1. The number of H-pyrrole nitrogens is 1. The van der Waals surface area contributed by atoms with E-state index in [1.807, 2.05) is 12.3 Å². The van der Waals surface area contributed by atoms with Gasteiger partial charge in [0.2, 0.25) is 0 Å². The lowest BCUT2D eigenvalue weighted by molar-refractivity contribution is 0.628. The van der Waals surface area contributed by atoms with E-state index in [1.165, 1.54) is 12.1 Å². The summed E-state index contributed by atoms with van der Waals surface area (Å²) in [6.07, 6.45) is 0. The predicted octanol–water partition coefficient (Wildman–Crippen LogP) is 3.23. The Morgan fingerprint density at radius 2 is 2.00 bits per heavy atom. The number of nitrogen functional groups attached to an aromatic ring is 1. The highest BCUT2D eigenvalue weighted by molar-refractivity contribution is 7.09. The molecule has 4 nitrogen and oxygen atoms in total. The van der Waals surface area contributed by atoms with E-state index >= 15 is 0 Å². The minimum Gasteiger partial charge on any atom is -0.382 e. The summed E-state index contributed by atoms with van der Waals surface area (Å²) in [5, 5.41) is 9.82. The molecule has 0 fully saturated rings. The molecule has 0 saturated heterocycles. The topological polar surface area (TPSA) is 67.6 Å². The molecule has 2 heterocycles. The van der Waals surface area contributed by atoms with Crippen molar-refractivity contribution in [2.24, 2.45) is 0 Å². The Morgan fingerprint density at radius 3 is 2.63 bits per heavy atom. The number of aromatic nitrogens is 3. The fourth-order valence-electron chi connectivity index (χ4n) is 1.93. The van der Waals surface area contributed by atoms with E-state index in [4.69, 9.17) is 5.73 Å². The van der Waals surface area contributed by atoms with Crippen molar-refractivity contribution >= 4 is 17.2 Å². The van der Waals surface area contributed by atoms with Crippen molar-refractivity contribution < 1.29 is 4.39 Å². The molecule has 0 aliphatic heterocycles. The van der Waals surface area contributed by atoms with Crippen LogP contribution in [0.1, 0.15) is 5.01 Å². The minimum absolute atomic E-state index is 0.281. The summed E-state index contributed by atoms with van der Waals surface area (Å²) in [7, 11) is 0. The Hall–Kier alpha value is -2.21. The number of benzene rings is 1. The monoisotopic (exact) mass is 274 g/mol. The minimum atomic E-state index is -0.281. The summed E-state index contributed by atoms with van der Waals surface area (Å²) >= 11 is 1.56. The Bertz CT molecular complexity index is 715. The van der Waals surface area contributed by atoms with Crippen LogP contribution < -0.4 is 5.73 Å². The number of hydrogen-bond acceptors (Lipinski definition) is 4. The summed E-state index contributed by atoms with van der Waals surface area (Å²) in [6, 6.07) is 6.16. The van der Waals surface area contributed by atoms with Crippen LogP contribution in [0.3, 0.4) is 0 Å². The predicted molar refractivity (Wildman–Crippen MR) is 74.2 cm³/mol. The number of halogens is 1. The quantitative estimate of drug-likeness (QED) is 0.754. The molecule has 0 unspecified atom stereocenters. The molecular weight excluding hydrogens is 263 g/mol. The van der Waals surface area contributed by atoms with Gasteiger partial charge in [-0.05, 0) is 24.6 Å². The van der Waals surface area contributed by atoms with E-state index < -0.39 is 0 Å². The van der Waals surface area contributed by atoms with Crippen molar-refractivity contribution in [1.82, 2.24) is 15.2 Å². The van der Waals surface area contributed by atoms with Gasteiger partial charge in [0.05, 0.1) is 22.0 Å². The molecule has 19 heavy (non-hydrogen) atoms. The zero-order chi connectivity index (χ0) is 13.4. The Kier molecular flexibility index (Phi) is 2.79. The van der Waals surface area contributed by atoms with Crippen LogP contribution >= 0.6 is 11.3 Å². The van der Waals surface area contributed by atoms with Crippen LogP contribution in [-0.2, 0) is 0 Å². The van der Waals surface area contributed by atoms with Crippen molar-refractivity contribution in [3.05, 3.63) is 40.5 Å². The van der Waals surface area contributed by atoms with Gasteiger partial charge in [-0.3, -0.25) is 5.10 Å². The van der Waals surface area contributed by atoms with E-state index in [1.54, 1.807) is 23.5 Å². The smallest absolute Gasteiger partial charge is 0.153 e. The van der Waals surface area contributed by atoms with E-state index in [9.17, 15) is 4.39 Å². The molecule has 0 radical (unpaired) electrons. The van der Waals surface area contributed by atoms with E-state index in [0.717, 1.165) is 27.5 Å². The zero-order valence-electron chi connectivity index (χ0n) is 10.1. The molecular formula is C13H11FN4S. The van der Waals surface area contributed by atoms with E-state index in [0.29, 0.717) is 5.82 Å². The van der Waals surface area contributed by atoms with Gasteiger partial charge in [-0.2, -0.15) is 5.10 Å². The number of aryl methyl sites for hydroxylation is 1. The van der Waals surface area contributed by atoms with Gasteiger partial charge in [0, 0.05) is 5.38 Å². The fraction of sp³-hybridized carbons (Fsp3) is 0.0769. The van der Waals surface area contributed by atoms with Crippen molar-refractivity contribution in [2.45, 2.75) is 6.92 Å². The third-order valence-electron chi connectivity index (χ3n) is 2.80. The van der Waals surface area contributed by atoms with Crippen molar-refractivity contribution in [3.63, 3.8) is 0 Å². The summed E-state index contributed by atoms with van der Waals surface area (Å²) in [6.45, 7) is 1.94. The molecule has 2 aromatic heterocycles. The van der Waals surface area contributed by atoms with Gasteiger partial charge < -0.3 is 5.73 Å². The van der Waals surface area contributed by atoms with Crippen LogP contribution in [0.25, 0.3) is 22.5 Å². The van der Waals surface area contributed by atoms with Gasteiger partial charge in [-0.25, -0.2) is 9.37 Å². The van der Waals surface area contributed by atoms with Gasteiger partial charge >= 0.3 is 0 Å². The van der Waals surface area contributed by atoms with Crippen LogP contribution in [0.5, 0.6) is 0 Å². The van der Waals surface area contributed by atoms with Crippen molar-refractivity contribution in [2.75, 3.05) is 5.73 Å². The lowest BCUT2D eigenvalue weighted by Gasteiger charge is -2.02. The molecule has 6 heteroatoms. The Morgan fingerprint density at radius 1 is 1.26 bits per heavy atom. The number of nitrogens with two attached hydrogens (primary N) is 1. The standard InChI is InChI=1S/C13H11FN4S/c1-7-16-10(6-19-7)12-11(13(15)18-17-12)8-2-4-9(14)5-3-8/h2-6H,1H3,(H3,15,17,18). The molecule has 0 aliphatic rings. The lowest BCUT2D eigenvalue weighted by Crippen LogP contribution is -1.89. The van der Waals surface area contributed by atoms with Crippen molar-refractivity contribution in [3.8, 4) is 22.5 Å². The number of anilines is 1. The lowest BCUT2D eigenvalue weighted by atomic mass is 10.0. The first kappa shape index (κ1) is 11.9. The molecule has 0 amide bonds. The number of thiazole rings is 1. The third-order valence-corrected chi connectivity index (χ3v) is 3.58. The maximum absolute atomic E-state index is 13.0. The van der Waals surface area contributed by atoms with E-state index in [-0.39, 0.29) is 5.82 Å². The second kappa shape index (κ2) is 4.47. The number of hydrogen-bond donors (Lipinski definition) is 2. The molecule has 1 aromatic carbocycles. The molecule has 96 valence electrons. The Balaban J connectivity index is 2.16. The van der Waals surface area contributed by atoms with Crippen LogP contribution in [0, 0.1) is 12.7 Å². The van der Waals surface area contributed by atoms with Gasteiger partial charge in [0.15, 0.2) is 5.82 Å². The normalized spacial score (nSPS) is 10.8. The highest BCUT2D eigenvalue weighted by atomic mass is 32.1. The highest BCUT2D eigenvalue weighted by Crippen LogP contribution is 2.34. The second-order valence-corrected chi connectivity index (χ2v) is 5.18. The van der Waals surface area contributed by atoms with Crippen LogP contribution in [-0.4, -0.2) is 15.2 Å². The number of rotatable bonds is 2. The van der Waals surface area contributed by atoms with Crippen molar-refractivity contribution in [1.29, 1.82) is 0 Å². The molecule has 0 atom stereocenters. The van der Waals surface area contributed by atoms with Gasteiger partial charge in [0.1, 0.15) is 5.82 Å². The summed E-state index contributed by atoms with van der Waals surface area (Å²) in [4.78, 5) is 4.42. The Labute approximate surface area is 113 Å². The average Bonchev–Trinajstić information content (AvgIpc) is 2.97. The number of aromatic amines is 1. The highest BCUT2D eigenvalue weighted by Gasteiger charge is 2.16. The maximum atomic E-state index is 13.0. The van der Waals surface area contributed by atoms with Crippen LogP contribution in [0.4, 0.5) is 10.2 Å². The largest absolute Gasteiger partial charge is 0.382 e. The first-order valence-electron chi connectivity index (χ1n) is 5.67. The molecule has 3 N–H and O–H groups in total. The SMILES string of the molecule is Cc1nc(-c2[nH]nc(N)c2-c2ccc(F)cc2)cs1. The second-order valence-electron chi connectivity index (χ2n) is 4.12. The third kappa shape index (κ3) is 2.10. The first-order valence-corrected chi connectivity index (χ1v) is 6.55. The zero-order valence-corrected chi connectivity index (χ0v) is 11.0. The van der Waals surface area contributed by atoms with Gasteiger partial charge in [0.25, 0.3) is 0 Å². The molecule has 0 bridgehead atoms. The van der Waals surface area contributed by atoms with Gasteiger partial charge in [-0.1, -0.05) is 12.1 Å². The molecule has 3 aromatic rings. The van der Waals surface area contributed by atoms with Crippen LogP contribution in [0.15, 0.2) is 29.6 Å². The number of nitrogens with zero attached hydrogens (tertiary/aromatic N) is 2. The van der Waals surface area contributed by atoms with Crippen LogP contribution in [0.2, 0.25) is 0 Å². The first-order chi connectivity index (χ1) is 9.15. The summed E-state index contributed by atoms with van der Waals surface area (Å²) in [5.41, 5.74) is 9.02.